The minimum atomic E-state index is -1.62. The van der Waals surface area contributed by atoms with Crippen LogP contribution in [0.15, 0.2) is 0 Å². The molecule has 1 aliphatic heterocycles. The fourth-order valence-corrected chi connectivity index (χ4v) is 1.28. The smallest absolute Gasteiger partial charge is 0.406 e. The molecule has 8 nitrogen and oxygen atoms in total. The molecule has 0 radical (unpaired) electrons. The van der Waals surface area contributed by atoms with Crippen molar-refractivity contribution in [3.63, 3.8) is 0 Å². The number of carbonyl (C=O) groups is 1. The highest BCUT2D eigenvalue weighted by molar-refractivity contribution is 5.64. The number of carbonyl (C=O) groups excluding carboxylic acids is 1. The lowest BCUT2D eigenvalue weighted by Crippen LogP contribution is -2.59. The van der Waals surface area contributed by atoms with Crippen molar-refractivity contribution < 1.29 is 34.7 Å². The Hall–Kier alpha value is -0.930. The first-order valence-corrected chi connectivity index (χ1v) is 4.24. The number of hydrogen-bond donors (Lipinski definition) is 5. The van der Waals surface area contributed by atoms with Crippen LogP contribution in [0.4, 0.5) is 4.79 Å². The number of rotatable bonds is 2. The molecule has 0 aromatic heterocycles. The normalized spacial score (nSPS) is 41.2. The highest BCUT2D eigenvalue weighted by Gasteiger charge is 2.45. The third-order valence-electron chi connectivity index (χ3n) is 2.08. The van der Waals surface area contributed by atoms with E-state index in [1.165, 1.54) is 0 Å². The molecule has 8 heteroatoms. The van der Waals surface area contributed by atoms with E-state index < -0.39 is 43.4 Å². The van der Waals surface area contributed by atoms with Crippen LogP contribution < -0.4 is 5.73 Å². The van der Waals surface area contributed by atoms with Gasteiger partial charge in [0.25, 0.3) is 0 Å². The lowest BCUT2D eigenvalue weighted by molar-refractivity contribution is -0.284. The molecule has 0 aromatic carbocycles. The topological polar surface area (TPSA) is 142 Å². The third-order valence-corrected chi connectivity index (χ3v) is 2.08. The molecule has 6 N–H and O–H groups in total. The Balaban J connectivity index is 2.69. The lowest BCUT2D eigenvalue weighted by atomic mass is 9.99. The van der Waals surface area contributed by atoms with Crippen LogP contribution in [0.3, 0.4) is 0 Å². The molecule has 0 spiro atoms. The molecular weight excluding hydrogens is 210 g/mol. The van der Waals surface area contributed by atoms with E-state index in [1.54, 1.807) is 0 Å². The Morgan fingerprint density at radius 3 is 2.33 bits per heavy atom. The monoisotopic (exact) mass is 223 g/mol. The molecule has 0 aliphatic carbocycles. The lowest BCUT2D eigenvalue weighted by Gasteiger charge is -2.38. The summed E-state index contributed by atoms with van der Waals surface area (Å²) in [6.45, 7) is -0.594. The van der Waals surface area contributed by atoms with Gasteiger partial charge in [0.2, 0.25) is 6.29 Å². The molecule has 15 heavy (non-hydrogen) atoms. The van der Waals surface area contributed by atoms with Gasteiger partial charge >= 0.3 is 6.09 Å². The van der Waals surface area contributed by atoms with Crippen molar-refractivity contribution in [3.8, 4) is 0 Å². The summed E-state index contributed by atoms with van der Waals surface area (Å²) in [6.07, 6.45) is -8.50. The first-order valence-electron chi connectivity index (χ1n) is 4.24. The zero-order chi connectivity index (χ0) is 11.6. The van der Waals surface area contributed by atoms with Gasteiger partial charge in [-0.15, -0.1) is 0 Å². The van der Waals surface area contributed by atoms with E-state index in [9.17, 15) is 20.1 Å². The van der Waals surface area contributed by atoms with Crippen molar-refractivity contribution in [1.29, 1.82) is 0 Å². The molecule has 1 fully saturated rings. The van der Waals surface area contributed by atoms with Crippen LogP contribution in [0.25, 0.3) is 0 Å². The zero-order valence-corrected chi connectivity index (χ0v) is 7.68. The molecule has 0 unspecified atom stereocenters. The zero-order valence-electron chi connectivity index (χ0n) is 7.68. The van der Waals surface area contributed by atoms with Crippen LogP contribution in [0, 0.1) is 0 Å². The number of aliphatic hydroxyl groups is 4. The van der Waals surface area contributed by atoms with Crippen molar-refractivity contribution in [1.82, 2.24) is 0 Å². The summed E-state index contributed by atoms with van der Waals surface area (Å²) in [7, 11) is 0. The van der Waals surface area contributed by atoms with Crippen LogP contribution in [0.5, 0.6) is 0 Å². The summed E-state index contributed by atoms with van der Waals surface area (Å²) < 4.78 is 9.15. The summed E-state index contributed by atoms with van der Waals surface area (Å²) in [5.74, 6) is 0. The summed E-state index contributed by atoms with van der Waals surface area (Å²) in [6, 6.07) is 0. The van der Waals surface area contributed by atoms with Gasteiger partial charge < -0.3 is 35.6 Å². The molecule has 88 valence electrons. The maximum atomic E-state index is 10.4. The van der Waals surface area contributed by atoms with E-state index in [-0.39, 0.29) is 0 Å². The Morgan fingerprint density at radius 2 is 1.87 bits per heavy atom. The molecule has 1 amide bonds. The van der Waals surface area contributed by atoms with E-state index in [2.05, 4.69) is 4.74 Å². The van der Waals surface area contributed by atoms with E-state index >= 15 is 0 Å². The highest BCUT2D eigenvalue weighted by atomic mass is 16.7. The van der Waals surface area contributed by atoms with Gasteiger partial charge in [0.1, 0.15) is 24.4 Å². The first-order chi connectivity index (χ1) is 6.97. The Bertz CT molecular complexity index is 233. The van der Waals surface area contributed by atoms with Crippen LogP contribution in [0.2, 0.25) is 0 Å². The van der Waals surface area contributed by atoms with Crippen molar-refractivity contribution in [3.05, 3.63) is 0 Å². The Labute approximate surface area is 84.8 Å². The van der Waals surface area contributed by atoms with Crippen molar-refractivity contribution in [2.75, 3.05) is 6.61 Å². The predicted octanol–water partition coefficient (Wildman–Crippen LogP) is -3.12. The van der Waals surface area contributed by atoms with Gasteiger partial charge in [0, 0.05) is 0 Å². The van der Waals surface area contributed by atoms with Crippen molar-refractivity contribution >= 4 is 6.09 Å². The minimum absolute atomic E-state index is 0.594. The average Bonchev–Trinajstić information content (AvgIpc) is 2.18. The van der Waals surface area contributed by atoms with Crippen molar-refractivity contribution in [2.24, 2.45) is 5.73 Å². The second-order valence-corrected chi connectivity index (χ2v) is 3.13. The quantitative estimate of drug-likeness (QED) is 0.333. The van der Waals surface area contributed by atoms with Crippen LogP contribution >= 0.6 is 0 Å². The van der Waals surface area contributed by atoms with E-state index in [1.807, 2.05) is 0 Å². The van der Waals surface area contributed by atoms with Crippen LogP contribution in [-0.2, 0) is 9.47 Å². The maximum Gasteiger partial charge on any atom is 0.406 e. The van der Waals surface area contributed by atoms with Gasteiger partial charge in [0.05, 0.1) is 6.61 Å². The first kappa shape index (κ1) is 12.1. The number of ether oxygens (including phenoxy) is 2. The molecule has 5 atom stereocenters. The van der Waals surface area contributed by atoms with Gasteiger partial charge in [-0.3, -0.25) is 0 Å². The van der Waals surface area contributed by atoms with E-state index in [4.69, 9.17) is 15.6 Å². The molecule has 1 saturated heterocycles. The average molecular weight is 223 g/mol. The SMILES string of the molecule is NC(=O)O[C@H]1O[C@H](CO)[C@@H](O)[C@H](O)[C@@H]1O. The predicted molar refractivity (Wildman–Crippen MR) is 44.4 cm³/mol. The minimum Gasteiger partial charge on any atom is -0.417 e. The highest BCUT2D eigenvalue weighted by Crippen LogP contribution is 2.21. The van der Waals surface area contributed by atoms with Gasteiger partial charge in [-0.05, 0) is 0 Å². The largest absolute Gasteiger partial charge is 0.417 e. The van der Waals surface area contributed by atoms with Crippen LogP contribution in [-0.4, -0.2) is 63.8 Å². The number of nitrogens with two attached hydrogens (primary N) is 1. The summed E-state index contributed by atoms with van der Waals surface area (Å²) in [5.41, 5.74) is 4.69. The second-order valence-electron chi connectivity index (χ2n) is 3.13. The molecule has 0 aromatic rings. The van der Waals surface area contributed by atoms with Crippen molar-refractivity contribution in [2.45, 2.75) is 30.7 Å². The molecule has 1 aliphatic rings. The molecule has 1 heterocycles. The summed E-state index contributed by atoms with van der Waals surface area (Å²) >= 11 is 0. The summed E-state index contributed by atoms with van der Waals surface area (Å²) in [4.78, 5) is 10.4. The molecule has 1 rings (SSSR count). The molecule has 0 saturated carbocycles. The molecular formula is C7H13NO7. The molecule has 0 bridgehead atoms. The summed E-state index contributed by atoms with van der Waals surface area (Å²) in [5, 5.41) is 36.7. The second kappa shape index (κ2) is 4.73. The number of aliphatic hydroxyl groups excluding tert-OH is 4. The van der Waals surface area contributed by atoms with E-state index in [0.717, 1.165) is 0 Å². The fraction of sp³-hybridized carbons (Fsp3) is 0.857. The number of primary amides is 1. The van der Waals surface area contributed by atoms with Gasteiger partial charge in [0.15, 0.2) is 0 Å². The van der Waals surface area contributed by atoms with Crippen LogP contribution in [0.1, 0.15) is 0 Å². The standard InChI is InChI=1S/C7H13NO7/c8-7(13)15-6-5(12)4(11)3(10)2(1-9)14-6/h2-6,9-12H,1H2,(H2,8,13)/t2-,3-,4+,5+,6-/m1/s1. The fourth-order valence-electron chi connectivity index (χ4n) is 1.28. The van der Waals surface area contributed by atoms with Gasteiger partial charge in [-0.25, -0.2) is 4.79 Å². The third kappa shape index (κ3) is 2.55. The number of hydrogen-bond acceptors (Lipinski definition) is 7. The Morgan fingerprint density at radius 1 is 1.27 bits per heavy atom. The van der Waals surface area contributed by atoms with Gasteiger partial charge in [-0.2, -0.15) is 0 Å². The number of amides is 1. The van der Waals surface area contributed by atoms with E-state index in [0.29, 0.717) is 0 Å². The Kier molecular flexibility index (Phi) is 3.83. The maximum absolute atomic E-state index is 10.4. The van der Waals surface area contributed by atoms with Gasteiger partial charge in [-0.1, -0.05) is 0 Å².